The van der Waals surface area contributed by atoms with E-state index in [0.717, 1.165) is 50.3 Å². The van der Waals surface area contributed by atoms with Gasteiger partial charge in [-0.25, -0.2) is 0 Å². The smallest absolute Gasteiger partial charge is 0.242 e. The molecule has 2 aliphatic rings. The van der Waals surface area contributed by atoms with Crippen LogP contribution in [0.2, 0.25) is 0 Å². The first-order valence-corrected chi connectivity index (χ1v) is 6.63. The number of benzene rings is 1. The molecule has 2 heterocycles. The Hall–Kier alpha value is -1.71. The minimum absolute atomic E-state index is 0.104. The molecule has 96 valence electrons. The topological polar surface area (TPSA) is 50.4 Å². The van der Waals surface area contributed by atoms with E-state index in [2.05, 4.69) is 16.7 Å². The van der Waals surface area contributed by atoms with Crippen molar-refractivity contribution in [1.29, 1.82) is 0 Å². The van der Waals surface area contributed by atoms with Gasteiger partial charge in [-0.05, 0) is 43.0 Å². The molecule has 1 aromatic rings. The van der Waals surface area contributed by atoms with Crippen molar-refractivity contribution >= 4 is 11.6 Å². The minimum atomic E-state index is -0.104. The fourth-order valence-electron chi connectivity index (χ4n) is 2.55. The Labute approximate surface area is 107 Å². The lowest BCUT2D eigenvalue weighted by Crippen LogP contribution is -2.37. The summed E-state index contributed by atoms with van der Waals surface area (Å²) in [5.74, 6) is 1.09. The molecule has 0 unspecified atom stereocenters. The summed E-state index contributed by atoms with van der Waals surface area (Å²) in [5.41, 5.74) is 2.25. The van der Waals surface area contributed by atoms with E-state index in [1.807, 2.05) is 12.1 Å². The Morgan fingerprint density at radius 3 is 3.22 bits per heavy atom. The number of anilines is 1. The molecule has 4 nitrogen and oxygen atoms in total. The Bertz CT molecular complexity index is 459. The molecule has 3 rings (SSSR count). The molecule has 1 aromatic carbocycles. The van der Waals surface area contributed by atoms with E-state index >= 15 is 0 Å². The summed E-state index contributed by atoms with van der Waals surface area (Å²) in [6.45, 7) is 1.57. The third-order valence-electron chi connectivity index (χ3n) is 3.57. The van der Waals surface area contributed by atoms with Crippen molar-refractivity contribution in [3.63, 3.8) is 0 Å². The maximum atomic E-state index is 11.9. The quantitative estimate of drug-likeness (QED) is 0.835. The second kappa shape index (κ2) is 4.88. The number of ether oxygens (including phenoxy) is 1. The van der Waals surface area contributed by atoms with Crippen LogP contribution in [-0.2, 0) is 11.2 Å². The molecule has 0 bridgehead atoms. The van der Waals surface area contributed by atoms with Gasteiger partial charge in [0.1, 0.15) is 11.8 Å². The van der Waals surface area contributed by atoms with Gasteiger partial charge in [0, 0.05) is 18.7 Å². The zero-order valence-electron chi connectivity index (χ0n) is 10.4. The summed E-state index contributed by atoms with van der Waals surface area (Å²) in [6.07, 6.45) is 4.02. The fourth-order valence-corrected chi connectivity index (χ4v) is 2.55. The van der Waals surface area contributed by atoms with E-state index in [4.69, 9.17) is 4.74 Å². The highest BCUT2D eigenvalue weighted by molar-refractivity contribution is 5.84. The van der Waals surface area contributed by atoms with Gasteiger partial charge in [-0.15, -0.1) is 0 Å². The highest BCUT2D eigenvalue weighted by Gasteiger charge is 2.21. The van der Waals surface area contributed by atoms with Crippen LogP contribution in [0.4, 0.5) is 5.69 Å². The van der Waals surface area contributed by atoms with Crippen molar-refractivity contribution < 1.29 is 9.53 Å². The Morgan fingerprint density at radius 1 is 1.33 bits per heavy atom. The number of nitrogens with one attached hydrogen (secondary N) is 2. The fraction of sp³-hybridized carbons (Fsp3) is 0.500. The van der Waals surface area contributed by atoms with Crippen LogP contribution in [0.25, 0.3) is 0 Å². The molecule has 0 aromatic heterocycles. The highest BCUT2D eigenvalue weighted by Crippen LogP contribution is 2.28. The molecule has 2 N–H and O–H groups in total. The van der Waals surface area contributed by atoms with Crippen molar-refractivity contribution in [3.05, 3.63) is 23.8 Å². The van der Waals surface area contributed by atoms with Crippen LogP contribution < -0.4 is 15.4 Å². The lowest BCUT2D eigenvalue weighted by atomic mass is 10.1. The number of carbonyl (C=O) groups is 1. The maximum Gasteiger partial charge on any atom is 0.242 e. The van der Waals surface area contributed by atoms with Crippen LogP contribution in [-0.4, -0.2) is 25.1 Å². The van der Waals surface area contributed by atoms with Crippen LogP contribution in [0.3, 0.4) is 0 Å². The molecule has 0 radical (unpaired) electrons. The van der Waals surface area contributed by atoms with Crippen LogP contribution in [0, 0.1) is 0 Å². The molecule has 4 heteroatoms. The number of fused-ring (bicyclic) bond motifs is 1. The van der Waals surface area contributed by atoms with Gasteiger partial charge in [-0.1, -0.05) is 0 Å². The van der Waals surface area contributed by atoms with Crippen molar-refractivity contribution in [3.8, 4) is 5.75 Å². The summed E-state index contributed by atoms with van der Waals surface area (Å²) < 4.78 is 5.48. The monoisotopic (exact) mass is 246 g/mol. The largest absolute Gasteiger partial charge is 0.493 e. The second-order valence-electron chi connectivity index (χ2n) is 4.90. The standard InChI is InChI=1S/C14H18N2O2/c17-14-12(3-1-2-7-15-14)16-11-4-5-13-10(9-11)6-8-18-13/h4-5,9,12,16H,1-3,6-8H2,(H,15,17)/t12-/m0/s1. The summed E-state index contributed by atoms with van der Waals surface area (Å²) in [7, 11) is 0. The predicted molar refractivity (Wildman–Crippen MR) is 69.9 cm³/mol. The third kappa shape index (κ3) is 2.28. The first-order chi connectivity index (χ1) is 8.83. The zero-order chi connectivity index (χ0) is 12.4. The molecule has 2 aliphatic heterocycles. The number of hydrogen-bond acceptors (Lipinski definition) is 3. The lowest BCUT2D eigenvalue weighted by Gasteiger charge is -2.17. The van der Waals surface area contributed by atoms with Gasteiger partial charge >= 0.3 is 0 Å². The number of rotatable bonds is 2. The van der Waals surface area contributed by atoms with Crippen molar-refractivity contribution in [2.24, 2.45) is 0 Å². The van der Waals surface area contributed by atoms with E-state index in [9.17, 15) is 4.79 Å². The van der Waals surface area contributed by atoms with Crippen LogP contribution in [0.5, 0.6) is 5.75 Å². The summed E-state index contributed by atoms with van der Waals surface area (Å²) in [4.78, 5) is 11.9. The van der Waals surface area contributed by atoms with Crippen LogP contribution in [0.1, 0.15) is 24.8 Å². The third-order valence-corrected chi connectivity index (χ3v) is 3.57. The zero-order valence-corrected chi connectivity index (χ0v) is 10.4. The summed E-state index contributed by atoms with van der Waals surface area (Å²) >= 11 is 0. The SMILES string of the molecule is O=C1NCCCC[C@@H]1Nc1ccc2c(c1)CCO2. The molecule has 1 amide bonds. The molecule has 0 spiro atoms. The molecule has 18 heavy (non-hydrogen) atoms. The van der Waals surface area contributed by atoms with Gasteiger partial charge in [0.25, 0.3) is 0 Å². The second-order valence-corrected chi connectivity index (χ2v) is 4.90. The lowest BCUT2D eigenvalue weighted by molar-refractivity contribution is -0.121. The van der Waals surface area contributed by atoms with Crippen molar-refractivity contribution in [2.75, 3.05) is 18.5 Å². The molecule has 0 aliphatic carbocycles. The Morgan fingerprint density at radius 2 is 2.28 bits per heavy atom. The maximum absolute atomic E-state index is 11.9. The molecular formula is C14H18N2O2. The number of amides is 1. The summed E-state index contributed by atoms with van der Waals surface area (Å²) in [5, 5.41) is 6.27. The molecular weight excluding hydrogens is 228 g/mol. The van der Waals surface area contributed by atoms with Crippen molar-refractivity contribution in [1.82, 2.24) is 5.32 Å². The number of carbonyl (C=O) groups excluding carboxylic acids is 1. The van der Waals surface area contributed by atoms with Crippen molar-refractivity contribution in [2.45, 2.75) is 31.7 Å². The van der Waals surface area contributed by atoms with Gasteiger partial charge < -0.3 is 15.4 Å². The molecule has 1 fully saturated rings. The van der Waals surface area contributed by atoms with Gasteiger partial charge in [-0.3, -0.25) is 4.79 Å². The van der Waals surface area contributed by atoms with Gasteiger partial charge in [0.2, 0.25) is 5.91 Å². The molecule has 1 atom stereocenters. The van der Waals surface area contributed by atoms with Crippen LogP contribution in [0.15, 0.2) is 18.2 Å². The number of hydrogen-bond donors (Lipinski definition) is 2. The Kier molecular flexibility index (Phi) is 3.09. The van der Waals surface area contributed by atoms with E-state index in [0.29, 0.717) is 0 Å². The van der Waals surface area contributed by atoms with E-state index in [1.165, 1.54) is 5.56 Å². The van der Waals surface area contributed by atoms with Gasteiger partial charge in [-0.2, -0.15) is 0 Å². The van der Waals surface area contributed by atoms with Gasteiger partial charge in [0.15, 0.2) is 0 Å². The average Bonchev–Trinajstić information content (AvgIpc) is 2.75. The predicted octanol–water partition coefficient (Wildman–Crippen LogP) is 1.70. The molecule has 1 saturated heterocycles. The first-order valence-electron chi connectivity index (χ1n) is 6.63. The van der Waals surface area contributed by atoms with Gasteiger partial charge in [0.05, 0.1) is 6.61 Å². The summed E-state index contributed by atoms with van der Waals surface area (Å²) in [6, 6.07) is 5.97. The molecule has 0 saturated carbocycles. The average molecular weight is 246 g/mol. The van der Waals surface area contributed by atoms with E-state index in [-0.39, 0.29) is 11.9 Å². The van der Waals surface area contributed by atoms with E-state index < -0.39 is 0 Å². The minimum Gasteiger partial charge on any atom is -0.493 e. The van der Waals surface area contributed by atoms with E-state index in [1.54, 1.807) is 0 Å². The first kappa shape index (κ1) is 11.4. The normalized spacial score (nSPS) is 22.7. The van der Waals surface area contributed by atoms with Crippen LogP contribution >= 0.6 is 0 Å². The Balaban J connectivity index is 1.73. The highest BCUT2D eigenvalue weighted by atomic mass is 16.5.